The number of sulfonamides is 1. The van der Waals surface area contributed by atoms with E-state index in [2.05, 4.69) is 4.72 Å². The summed E-state index contributed by atoms with van der Waals surface area (Å²) < 4.78 is 32.3. The molecule has 0 radical (unpaired) electrons. The first-order chi connectivity index (χ1) is 10.3. The fourth-order valence-electron chi connectivity index (χ4n) is 1.85. The highest BCUT2D eigenvalue weighted by molar-refractivity contribution is 7.89. The first-order valence-electron chi connectivity index (χ1n) is 6.36. The van der Waals surface area contributed by atoms with Crippen molar-refractivity contribution in [1.82, 2.24) is 4.72 Å². The summed E-state index contributed by atoms with van der Waals surface area (Å²) in [7, 11) is -2.49. The van der Waals surface area contributed by atoms with E-state index in [-0.39, 0.29) is 22.2 Å². The molecule has 1 aromatic carbocycles. The fraction of sp³-hybridized carbons (Fsp3) is 0.286. The van der Waals surface area contributed by atoms with Crippen LogP contribution in [0, 0.1) is 0 Å². The molecule has 2 N–H and O–H groups in total. The molecule has 1 aromatic heterocycles. The Morgan fingerprint density at radius 2 is 2.14 bits per heavy atom. The normalized spacial score (nSPS) is 14.5. The van der Waals surface area contributed by atoms with E-state index in [0.29, 0.717) is 4.88 Å². The van der Waals surface area contributed by atoms with Crippen LogP contribution >= 0.6 is 22.9 Å². The summed E-state index contributed by atoms with van der Waals surface area (Å²) in [5, 5.41) is 12.5. The van der Waals surface area contributed by atoms with Gasteiger partial charge in [0.15, 0.2) is 0 Å². The molecule has 1 atom stereocenters. The van der Waals surface area contributed by atoms with E-state index in [9.17, 15) is 13.5 Å². The van der Waals surface area contributed by atoms with E-state index in [1.54, 1.807) is 25.1 Å². The number of benzene rings is 1. The number of hydrogen-bond acceptors (Lipinski definition) is 5. The highest BCUT2D eigenvalue weighted by Gasteiger charge is 2.28. The Morgan fingerprint density at radius 1 is 1.41 bits per heavy atom. The SMILES string of the molecule is COc1ccc(Cl)cc1S(=O)(=O)NCC(C)(O)c1cccs1. The minimum Gasteiger partial charge on any atom is -0.495 e. The molecule has 2 aromatic rings. The topological polar surface area (TPSA) is 75.6 Å². The Hall–Kier alpha value is -1.12. The third-order valence-electron chi connectivity index (χ3n) is 3.07. The van der Waals surface area contributed by atoms with Crippen LogP contribution < -0.4 is 9.46 Å². The molecule has 1 heterocycles. The third kappa shape index (κ3) is 3.80. The minimum atomic E-state index is -3.86. The lowest BCUT2D eigenvalue weighted by atomic mass is 10.1. The number of rotatable bonds is 6. The van der Waals surface area contributed by atoms with Crippen molar-refractivity contribution >= 4 is 33.0 Å². The number of hydrogen-bond donors (Lipinski definition) is 2. The van der Waals surface area contributed by atoms with Crippen LogP contribution in [0.15, 0.2) is 40.6 Å². The van der Waals surface area contributed by atoms with Crippen LogP contribution in [0.1, 0.15) is 11.8 Å². The Kier molecular flexibility index (Phi) is 5.14. The van der Waals surface area contributed by atoms with Crippen molar-refractivity contribution in [1.29, 1.82) is 0 Å². The average Bonchev–Trinajstić information content (AvgIpc) is 3.00. The molecule has 0 spiro atoms. The van der Waals surface area contributed by atoms with Gasteiger partial charge < -0.3 is 9.84 Å². The first-order valence-corrected chi connectivity index (χ1v) is 9.10. The zero-order valence-corrected chi connectivity index (χ0v) is 14.4. The van der Waals surface area contributed by atoms with Gasteiger partial charge in [0.25, 0.3) is 0 Å². The van der Waals surface area contributed by atoms with Crippen molar-refractivity contribution in [3.05, 3.63) is 45.6 Å². The predicted molar refractivity (Wildman–Crippen MR) is 87.1 cm³/mol. The van der Waals surface area contributed by atoms with Crippen molar-refractivity contribution in [2.24, 2.45) is 0 Å². The van der Waals surface area contributed by atoms with Gasteiger partial charge in [-0.2, -0.15) is 0 Å². The molecule has 22 heavy (non-hydrogen) atoms. The summed E-state index contributed by atoms with van der Waals surface area (Å²) in [6, 6.07) is 7.88. The second kappa shape index (κ2) is 6.55. The maximum absolute atomic E-state index is 12.4. The molecule has 0 amide bonds. The Bertz CT molecular complexity index is 742. The molecular weight excluding hydrogens is 346 g/mol. The van der Waals surface area contributed by atoms with Crippen molar-refractivity contribution in [2.75, 3.05) is 13.7 Å². The van der Waals surface area contributed by atoms with Crippen LogP contribution in [0.4, 0.5) is 0 Å². The van der Waals surface area contributed by atoms with E-state index < -0.39 is 15.6 Å². The minimum absolute atomic E-state index is 0.0653. The van der Waals surface area contributed by atoms with Crippen LogP contribution in [-0.2, 0) is 15.6 Å². The van der Waals surface area contributed by atoms with E-state index in [4.69, 9.17) is 16.3 Å². The lowest BCUT2D eigenvalue weighted by Crippen LogP contribution is -2.38. The van der Waals surface area contributed by atoms with Gasteiger partial charge in [-0.1, -0.05) is 17.7 Å². The zero-order valence-electron chi connectivity index (χ0n) is 12.0. The van der Waals surface area contributed by atoms with Crippen LogP contribution in [0.25, 0.3) is 0 Å². The summed E-state index contributed by atoms with van der Waals surface area (Å²) in [6.07, 6.45) is 0. The average molecular weight is 362 g/mol. The molecule has 1 unspecified atom stereocenters. The predicted octanol–water partition coefficient (Wildman–Crippen LogP) is 2.60. The molecular formula is C14H16ClNO4S2. The smallest absolute Gasteiger partial charge is 0.244 e. The van der Waals surface area contributed by atoms with Gasteiger partial charge >= 0.3 is 0 Å². The second-order valence-electron chi connectivity index (χ2n) is 4.87. The van der Waals surface area contributed by atoms with E-state index in [0.717, 1.165) is 0 Å². The van der Waals surface area contributed by atoms with Gasteiger partial charge in [-0.3, -0.25) is 0 Å². The van der Waals surface area contributed by atoms with E-state index in [1.165, 1.54) is 30.6 Å². The molecule has 8 heteroatoms. The summed E-state index contributed by atoms with van der Waals surface area (Å²) in [5.41, 5.74) is -1.30. The van der Waals surface area contributed by atoms with Crippen molar-refractivity contribution in [2.45, 2.75) is 17.4 Å². The van der Waals surface area contributed by atoms with Gasteiger partial charge in [0.2, 0.25) is 10.0 Å². The van der Waals surface area contributed by atoms with Crippen LogP contribution in [0.5, 0.6) is 5.75 Å². The quantitative estimate of drug-likeness (QED) is 0.829. The molecule has 2 rings (SSSR count). The molecule has 120 valence electrons. The number of methoxy groups -OCH3 is 1. The van der Waals surface area contributed by atoms with Gasteiger partial charge in [-0.15, -0.1) is 11.3 Å². The summed E-state index contributed by atoms with van der Waals surface area (Å²) >= 11 is 7.21. The molecule has 0 saturated carbocycles. The van der Waals surface area contributed by atoms with Crippen LogP contribution in [-0.4, -0.2) is 27.2 Å². The summed E-state index contributed by atoms with van der Waals surface area (Å²) in [5.74, 6) is 0.188. The van der Waals surface area contributed by atoms with E-state index >= 15 is 0 Å². The zero-order chi connectivity index (χ0) is 16.4. The maximum atomic E-state index is 12.4. The lowest BCUT2D eigenvalue weighted by Gasteiger charge is -2.22. The Morgan fingerprint density at radius 3 is 2.73 bits per heavy atom. The van der Waals surface area contributed by atoms with Gasteiger partial charge in [-0.05, 0) is 36.6 Å². The van der Waals surface area contributed by atoms with Gasteiger partial charge in [0.05, 0.1) is 7.11 Å². The molecule has 0 aliphatic carbocycles. The maximum Gasteiger partial charge on any atom is 0.244 e. The number of halogens is 1. The van der Waals surface area contributed by atoms with Crippen molar-refractivity contribution in [3.63, 3.8) is 0 Å². The molecule has 0 bridgehead atoms. The third-order valence-corrected chi connectivity index (χ3v) is 5.85. The Balaban J connectivity index is 2.24. The van der Waals surface area contributed by atoms with Crippen molar-refractivity contribution < 1.29 is 18.3 Å². The number of nitrogens with one attached hydrogen (secondary N) is 1. The second-order valence-corrected chi connectivity index (χ2v) is 7.99. The van der Waals surface area contributed by atoms with Crippen LogP contribution in [0.2, 0.25) is 5.02 Å². The van der Waals surface area contributed by atoms with Gasteiger partial charge in [0, 0.05) is 16.4 Å². The molecule has 5 nitrogen and oxygen atoms in total. The van der Waals surface area contributed by atoms with E-state index in [1.807, 2.05) is 5.38 Å². The van der Waals surface area contributed by atoms with Gasteiger partial charge in [-0.25, -0.2) is 13.1 Å². The Labute approximate surface area is 138 Å². The van der Waals surface area contributed by atoms with Crippen molar-refractivity contribution in [3.8, 4) is 5.75 Å². The molecule has 0 saturated heterocycles. The number of thiophene rings is 1. The highest BCUT2D eigenvalue weighted by Crippen LogP contribution is 2.28. The standard InChI is InChI=1S/C14H16ClNO4S2/c1-14(17,13-4-3-7-21-13)9-16-22(18,19)12-8-10(15)5-6-11(12)20-2/h3-8,16-17H,9H2,1-2H3. The van der Waals surface area contributed by atoms with Crippen LogP contribution in [0.3, 0.4) is 0 Å². The highest BCUT2D eigenvalue weighted by atomic mass is 35.5. The number of aliphatic hydroxyl groups is 1. The summed E-state index contributed by atoms with van der Waals surface area (Å²) in [4.78, 5) is 0.609. The summed E-state index contributed by atoms with van der Waals surface area (Å²) in [6.45, 7) is 1.39. The molecule has 0 fully saturated rings. The first kappa shape index (κ1) is 17.2. The monoisotopic (exact) mass is 361 g/mol. The molecule has 0 aliphatic heterocycles. The molecule has 0 aliphatic rings. The van der Waals surface area contributed by atoms with Gasteiger partial charge in [0.1, 0.15) is 16.2 Å². The lowest BCUT2D eigenvalue weighted by molar-refractivity contribution is 0.0666. The number of ether oxygens (including phenoxy) is 1. The fourth-order valence-corrected chi connectivity index (χ4v) is 4.19. The largest absolute Gasteiger partial charge is 0.495 e.